The minimum atomic E-state index is -3.96. The fourth-order valence-electron chi connectivity index (χ4n) is 1.64. The summed E-state index contributed by atoms with van der Waals surface area (Å²) in [6, 6.07) is 8.05. The Hall–Kier alpha value is -1.90. The Morgan fingerprint density at radius 3 is 2.81 bits per heavy atom. The molecule has 0 aliphatic rings. The molecule has 1 heterocycles. The van der Waals surface area contributed by atoms with E-state index in [1.807, 2.05) is 10.3 Å². The molecule has 112 valence electrons. The van der Waals surface area contributed by atoms with Gasteiger partial charge in [-0.1, -0.05) is 12.1 Å². The molecular formula is C13H14N2O4S2. The second kappa shape index (κ2) is 6.25. The number of benzene rings is 1. The van der Waals surface area contributed by atoms with Gasteiger partial charge in [-0.2, -0.15) is 0 Å². The van der Waals surface area contributed by atoms with Crippen LogP contribution in [0, 0.1) is 6.92 Å². The number of nitrogen functional groups attached to an aromatic ring is 1. The van der Waals surface area contributed by atoms with Gasteiger partial charge in [0, 0.05) is 10.6 Å². The van der Waals surface area contributed by atoms with Crippen molar-refractivity contribution in [1.82, 2.24) is 4.89 Å². The van der Waals surface area contributed by atoms with Crippen LogP contribution < -0.4 is 10.6 Å². The highest BCUT2D eigenvalue weighted by Crippen LogP contribution is 2.18. The number of anilines is 1. The highest BCUT2D eigenvalue weighted by Gasteiger charge is 2.19. The van der Waals surface area contributed by atoms with Crippen LogP contribution in [0.4, 0.5) is 5.69 Å². The summed E-state index contributed by atoms with van der Waals surface area (Å²) in [6.07, 6.45) is 0.0100. The van der Waals surface area contributed by atoms with E-state index in [9.17, 15) is 13.2 Å². The molecule has 1 aromatic carbocycles. The predicted octanol–water partition coefficient (Wildman–Crippen LogP) is 1.62. The first kappa shape index (κ1) is 15.5. The van der Waals surface area contributed by atoms with E-state index in [1.165, 1.54) is 17.4 Å². The largest absolute Gasteiger partial charge is 0.399 e. The Morgan fingerprint density at radius 1 is 1.38 bits per heavy atom. The van der Waals surface area contributed by atoms with E-state index in [0.29, 0.717) is 11.3 Å². The van der Waals surface area contributed by atoms with Gasteiger partial charge in [0.2, 0.25) is 0 Å². The molecule has 0 fully saturated rings. The van der Waals surface area contributed by atoms with Crippen LogP contribution in [0.3, 0.4) is 0 Å². The third-order valence-corrected chi connectivity index (χ3v) is 4.86. The number of nitrogens with two attached hydrogens (primary N) is 1. The minimum absolute atomic E-state index is 0.0100. The van der Waals surface area contributed by atoms with E-state index in [0.717, 1.165) is 4.88 Å². The van der Waals surface area contributed by atoms with Gasteiger partial charge in [-0.05, 0) is 41.0 Å². The molecule has 0 bridgehead atoms. The van der Waals surface area contributed by atoms with Crippen LogP contribution in [0.15, 0.2) is 40.6 Å². The smallest absolute Gasteiger partial charge is 0.331 e. The van der Waals surface area contributed by atoms with Gasteiger partial charge in [-0.15, -0.1) is 11.3 Å². The summed E-state index contributed by atoms with van der Waals surface area (Å²) in [7, 11) is -3.96. The number of thiophene rings is 1. The lowest BCUT2D eigenvalue weighted by Crippen LogP contribution is -2.28. The fourth-order valence-corrected chi connectivity index (χ4v) is 3.41. The van der Waals surface area contributed by atoms with Crippen LogP contribution in [0.2, 0.25) is 0 Å². The van der Waals surface area contributed by atoms with Crippen molar-refractivity contribution in [3.8, 4) is 0 Å². The van der Waals surface area contributed by atoms with Crippen LogP contribution in [0.1, 0.15) is 10.4 Å². The van der Waals surface area contributed by atoms with Crippen molar-refractivity contribution in [2.75, 3.05) is 5.73 Å². The Balaban J connectivity index is 2.04. The average Bonchev–Trinajstić information content (AvgIpc) is 2.92. The van der Waals surface area contributed by atoms with Crippen molar-refractivity contribution in [3.63, 3.8) is 0 Å². The summed E-state index contributed by atoms with van der Waals surface area (Å²) in [6.45, 7) is 1.63. The van der Waals surface area contributed by atoms with Crippen molar-refractivity contribution < 1.29 is 18.0 Å². The lowest BCUT2D eigenvalue weighted by Gasteiger charge is -2.09. The molecule has 0 saturated carbocycles. The lowest BCUT2D eigenvalue weighted by molar-refractivity contribution is -0.146. The Bertz CT molecular complexity index is 740. The molecule has 0 spiro atoms. The number of carbonyl (C=O) groups excluding carboxylic acids is 1. The van der Waals surface area contributed by atoms with E-state index in [4.69, 9.17) is 5.73 Å². The van der Waals surface area contributed by atoms with Gasteiger partial charge in [0.15, 0.2) is 0 Å². The van der Waals surface area contributed by atoms with Crippen molar-refractivity contribution in [2.24, 2.45) is 0 Å². The number of hydrogen-bond acceptors (Lipinski definition) is 6. The molecule has 0 atom stereocenters. The maximum Gasteiger partial charge on any atom is 0.331 e. The Morgan fingerprint density at radius 2 is 2.14 bits per heavy atom. The zero-order chi connectivity index (χ0) is 15.5. The van der Waals surface area contributed by atoms with Crippen molar-refractivity contribution >= 4 is 33.0 Å². The topological polar surface area (TPSA) is 98.5 Å². The molecule has 0 aliphatic heterocycles. The van der Waals surface area contributed by atoms with Crippen LogP contribution in [-0.4, -0.2) is 14.4 Å². The number of aryl methyl sites for hydroxylation is 1. The molecule has 8 heteroatoms. The molecule has 2 aromatic rings. The lowest BCUT2D eigenvalue weighted by atomic mass is 10.2. The number of sulfonamides is 1. The quantitative estimate of drug-likeness (QED) is 0.642. The van der Waals surface area contributed by atoms with Gasteiger partial charge in [0.25, 0.3) is 10.0 Å². The third kappa shape index (κ3) is 4.03. The molecule has 6 nitrogen and oxygen atoms in total. The van der Waals surface area contributed by atoms with E-state index < -0.39 is 16.0 Å². The molecule has 21 heavy (non-hydrogen) atoms. The fraction of sp³-hybridized carbons (Fsp3) is 0.154. The molecule has 3 N–H and O–H groups in total. The van der Waals surface area contributed by atoms with Crippen molar-refractivity contribution in [1.29, 1.82) is 0 Å². The summed E-state index contributed by atoms with van der Waals surface area (Å²) >= 11 is 1.39. The average molecular weight is 326 g/mol. The molecule has 0 unspecified atom stereocenters. The second-order valence-corrected chi connectivity index (χ2v) is 6.99. The van der Waals surface area contributed by atoms with E-state index >= 15 is 0 Å². The Labute approximate surface area is 126 Å². The van der Waals surface area contributed by atoms with E-state index in [2.05, 4.69) is 4.84 Å². The minimum Gasteiger partial charge on any atom is -0.399 e. The zero-order valence-corrected chi connectivity index (χ0v) is 12.8. The zero-order valence-electron chi connectivity index (χ0n) is 11.2. The number of rotatable bonds is 5. The summed E-state index contributed by atoms with van der Waals surface area (Å²) in [5, 5.41) is 1.82. The van der Waals surface area contributed by atoms with E-state index in [1.54, 1.807) is 31.2 Å². The normalized spacial score (nSPS) is 11.3. The van der Waals surface area contributed by atoms with E-state index in [-0.39, 0.29) is 11.3 Å². The number of hydrogen-bond donors (Lipinski definition) is 2. The second-order valence-electron chi connectivity index (χ2n) is 4.34. The first-order valence-corrected chi connectivity index (χ1v) is 8.35. The van der Waals surface area contributed by atoms with Crippen LogP contribution in [0.5, 0.6) is 0 Å². The first-order valence-electron chi connectivity index (χ1n) is 5.98. The molecule has 2 rings (SSSR count). The summed E-state index contributed by atoms with van der Waals surface area (Å²) in [4.78, 5) is 18.8. The van der Waals surface area contributed by atoms with Crippen LogP contribution >= 0.6 is 11.3 Å². The molecule has 0 saturated heterocycles. The standard InChI is InChI=1S/C13H14N2O4S2/c1-9-4-5-10(14)7-12(9)21(17,18)15-19-13(16)8-11-3-2-6-20-11/h2-7,15H,8,14H2,1H3. The summed E-state index contributed by atoms with van der Waals surface area (Å²) in [5.41, 5.74) is 6.39. The third-order valence-electron chi connectivity index (χ3n) is 2.67. The molecule has 0 amide bonds. The molecular weight excluding hydrogens is 312 g/mol. The van der Waals surface area contributed by atoms with Gasteiger partial charge >= 0.3 is 5.97 Å². The highest BCUT2D eigenvalue weighted by atomic mass is 32.2. The molecule has 1 aromatic heterocycles. The molecule has 0 radical (unpaired) electrons. The number of nitrogens with one attached hydrogen (secondary N) is 1. The Kier molecular flexibility index (Phi) is 4.61. The maximum atomic E-state index is 12.1. The van der Waals surface area contributed by atoms with Crippen molar-refractivity contribution in [2.45, 2.75) is 18.2 Å². The van der Waals surface area contributed by atoms with Gasteiger partial charge in [0.05, 0.1) is 11.3 Å². The van der Waals surface area contributed by atoms with Gasteiger partial charge < -0.3 is 10.6 Å². The van der Waals surface area contributed by atoms with Gasteiger partial charge in [0.1, 0.15) is 0 Å². The summed E-state index contributed by atoms with van der Waals surface area (Å²) in [5.74, 6) is -0.678. The van der Waals surface area contributed by atoms with Crippen LogP contribution in [0.25, 0.3) is 0 Å². The van der Waals surface area contributed by atoms with Crippen LogP contribution in [-0.2, 0) is 26.1 Å². The monoisotopic (exact) mass is 326 g/mol. The van der Waals surface area contributed by atoms with Gasteiger partial charge in [-0.25, -0.2) is 13.2 Å². The SMILES string of the molecule is Cc1ccc(N)cc1S(=O)(=O)NOC(=O)Cc1cccs1. The predicted molar refractivity (Wildman–Crippen MR) is 80.0 cm³/mol. The first-order chi connectivity index (χ1) is 9.88. The summed E-state index contributed by atoms with van der Waals surface area (Å²) < 4.78 is 24.1. The van der Waals surface area contributed by atoms with Gasteiger partial charge in [-0.3, -0.25) is 0 Å². The maximum absolute atomic E-state index is 12.1. The van der Waals surface area contributed by atoms with Crippen molar-refractivity contribution in [3.05, 3.63) is 46.2 Å². The number of carbonyl (C=O) groups is 1. The highest BCUT2D eigenvalue weighted by molar-refractivity contribution is 7.89. The molecule has 0 aliphatic carbocycles.